The molecule has 2 heterocycles. The van der Waals surface area contributed by atoms with Crippen molar-refractivity contribution in [1.29, 1.82) is 0 Å². The van der Waals surface area contributed by atoms with Gasteiger partial charge in [-0.2, -0.15) is 0 Å². The van der Waals surface area contributed by atoms with E-state index in [2.05, 4.69) is 9.51 Å². The molecule has 3 atom stereocenters. The van der Waals surface area contributed by atoms with Gasteiger partial charge in [0, 0.05) is 16.3 Å². The van der Waals surface area contributed by atoms with E-state index in [4.69, 9.17) is 14.4 Å². The van der Waals surface area contributed by atoms with Gasteiger partial charge in [0.2, 0.25) is 0 Å². The Kier molecular flexibility index (Phi) is 4.23. The van der Waals surface area contributed by atoms with Crippen LogP contribution in [0.2, 0.25) is 0 Å². The summed E-state index contributed by atoms with van der Waals surface area (Å²) in [6.07, 6.45) is -0.186. The van der Waals surface area contributed by atoms with Crippen LogP contribution in [-0.4, -0.2) is 33.9 Å². The second kappa shape index (κ2) is 5.72. The quantitative estimate of drug-likeness (QED) is 0.709. The highest BCUT2D eigenvalue weighted by molar-refractivity contribution is 7.32. The molecule has 2 rings (SSSR count). The van der Waals surface area contributed by atoms with Gasteiger partial charge in [-0.3, -0.25) is 14.3 Å². The largest absolute Gasteiger partial charge is 0.694 e. The third-order valence-corrected chi connectivity index (χ3v) is 2.88. The summed E-state index contributed by atoms with van der Waals surface area (Å²) in [5, 5.41) is 0. The highest BCUT2D eigenvalue weighted by atomic mass is 31.1. The first-order valence-corrected chi connectivity index (χ1v) is 6.48. The van der Waals surface area contributed by atoms with Crippen LogP contribution in [0, 0.1) is 6.92 Å². The molecule has 1 aliphatic rings. The molecule has 9 nitrogen and oxygen atoms in total. The molecular formula is C9H12N2O7P+. The van der Waals surface area contributed by atoms with Crippen LogP contribution in [0.5, 0.6) is 0 Å². The van der Waals surface area contributed by atoms with Crippen LogP contribution in [-0.2, 0) is 18.6 Å². The number of aromatic amines is 1. The van der Waals surface area contributed by atoms with E-state index in [0.717, 1.165) is 0 Å². The van der Waals surface area contributed by atoms with Crippen molar-refractivity contribution in [1.82, 2.24) is 9.55 Å². The van der Waals surface area contributed by atoms with Crippen molar-refractivity contribution in [2.75, 3.05) is 13.2 Å². The standard InChI is InChI=1S/C9H11N2O7P/c1-5-2-11(9(13)10-8(5)12)6-3-16-7(18-6)4-17-19(14)15/h2,6-7H,3-4H2,1H3,(H-,10,12,13,14,15)/p+1/t6-,7-/m1/s1. The maximum Gasteiger partial charge on any atom is 0.694 e. The molecule has 0 aliphatic carbocycles. The van der Waals surface area contributed by atoms with E-state index in [-0.39, 0.29) is 13.2 Å². The Morgan fingerprint density at radius 3 is 3.05 bits per heavy atom. The zero-order chi connectivity index (χ0) is 14.0. The Bertz CT molecular complexity index is 595. The van der Waals surface area contributed by atoms with Crippen LogP contribution in [0.15, 0.2) is 15.8 Å². The summed E-state index contributed by atoms with van der Waals surface area (Å²) in [6.45, 7) is 1.41. The van der Waals surface area contributed by atoms with Gasteiger partial charge in [-0.05, 0) is 6.92 Å². The molecule has 104 valence electrons. The van der Waals surface area contributed by atoms with Crippen LogP contribution in [0.3, 0.4) is 0 Å². The first-order chi connectivity index (χ1) is 8.97. The summed E-state index contributed by atoms with van der Waals surface area (Å²) in [6, 6.07) is 0. The second-order valence-corrected chi connectivity index (χ2v) is 4.60. The molecule has 0 saturated carbocycles. The molecule has 0 amide bonds. The van der Waals surface area contributed by atoms with Gasteiger partial charge in [-0.25, -0.2) is 4.79 Å². The number of H-pyrrole nitrogens is 1. The van der Waals surface area contributed by atoms with Crippen molar-refractivity contribution in [2.45, 2.75) is 19.4 Å². The Balaban J connectivity index is 2.09. The third-order valence-electron chi connectivity index (χ3n) is 2.51. The average Bonchev–Trinajstić information content (AvgIpc) is 2.80. The van der Waals surface area contributed by atoms with Crippen LogP contribution in [0.4, 0.5) is 0 Å². The van der Waals surface area contributed by atoms with Crippen LogP contribution < -0.4 is 11.2 Å². The topological polar surface area (TPSA) is 120 Å². The molecule has 1 saturated heterocycles. The maximum atomic E-state index is 11.6. The molecule has 0 spiro atoms. The summed E-state index contributed by atoms with van der Waals surface area (Å²) in [5.74, 6) is 0. The second-order valence-electron chi connectivity index (χ2n) is 3.87. The molecule has 1 aromatic heterocycles. The summed E-state index contributed by atoms with van der Waals surface area (Å²) in [4.78, 5) is 33.5. The number of ether oxygens (including phenoxy) is 2. The maximum absolute atomic E-state index is 11.6. The Morgan fingerprint density at radius 2 is 2.37 bits per heavy atom. The highest BCUT2D eigenvalue weighted by Gasteiger charge is 2.31. The van der Waals surface area contributed by atoms with Gasteiger partial charge >= 0.3 is 13.9 Å². The summed E-state index contributed by atoms with van der Waals surface area (Å²) < 4.78 is 26.5. The van der Waals surface area contributed by atoms with Crippen LogP contribution >= 0.6 is 8.25 Å². The highest BCUT2D eigenvalue weighted by Crippen LogP contribution is 2.23. The van der Waals surface area contributed by atoms with E-state index in [0.29, 0.717) is 5.56 Å². The summed E-state index contributed by atoms with van der Waals surface area (Å²) in [7, 11) is -2.73. The lowest BCUT2D eigenvalue weighted by atomic mass is 10.4. The van der Waals surface area contributed by atoms with Gasteiger partial charge < -0.3 is 9.47 Å². The molecule has 1 aliphatic heterocycles. The van der Waals surface area contributed by atoms with Crippen molar-refractivity contribution in [3.05, 3.63) is 32.6 Å². The molecular weight excluding hydrogens is 279 g/mol. The zero-order valence-corrected chi connectivity index (χ0v) is 10.8. The fourth-order valence-corrected chi connectivity index (χ4v) is 1.85. The third kappa shape index (κ3) is 3.34. The van der Waals surface area contributed by atoms with Crippen molar-refractivity contribution >= 4 is 8.25 Å². The lowest BCUT2D eigenvalue weighted by molar-refractivity contribution is -0.0941. The molecule has 0 radical (unpaired) electrons. The minimum atomic E-state index is -2.73. The number of rotatable bonds is 4. The normalized spacial score (nSPS) is 23.6. The van der Waals surface area contributed by atoms with E-state index in [1.54, 1.807) is 6.92 Å². The Morgan fingerprint density at radius 1 is 1.63 bits per heavy atom. The zero-order valence-electron chi connectivity index (χ0n) is 9.94. The first-order valence-electron chi connectivity index (χ1n) is 5.35. The van der Waals surface area contributed by atoms with E-state index in [1.165, 1.54) is 10.8 Å². The number of aryl methyl sites for hydroxylation is 1. The molecule has 10 heteroatoms. The van der Waals surface area contributed by atoms with Crippen molar-refractivity contribution in [3.63, 3.8) is 0 Å². The predicted molar refractivity (Wildman–Crippen MR) is 61.7 cm³/mol. The van der Waals surface area contributed by atoms with Gasteiger partial charge in [0.15, 0.2) is 19.1 Å². The minimum absolute atomic E-state index is 0.0711. The minimum Gasteiger partial charge on any atom is -0.345 e. The smallest absolute Gasteiger partial charge is 0.345 e. The van der Waals surface area contributed by atoms with E-state index < -0.39 is 32.0 Å². The Labute approximate surface area is 107 Å². The van der Waals surface area contributed by atoms with Crippen molar-refractivity contribution in [3.8, 4) is 0 Å². The van der Waals surface area contributed by atoms with Crippen LogP contribution in [0.25, 0.3) is 0 Å². The van der Waals surface area contributed by atoms with Crippen LogP contribution in [0.1, 0.15) is 11.8 Å². The summed E-state index contributed by atoms with van der Waals surface area (Å²) >= 11 is 0. The monoisotopic (exact) mass is 291 g/mol. The molecule has 0 aromatic carbocycles. The first kappa shape index (κ1) is 14.0. The van der Waals surface area contributed by atoms with Gasteiger partial charge in [0.1, 0.15) is 0 Å². The Hall–Kier alpha value is -1.38. The van der Waals surface area contributed by atoms with E-state index >= 15 is 0 Å². The fraction of sp³-hybridized carbons (Fsp3) is 0.556. The average molecular weight is 291 g/mol. The molecule has 0 bridgehead atoms. The van der Waals surface area contributed by atoms with Gasteiger partial charge in [0.25, 0.3) is 5.56 Å². The fourth-order valence-electron chi connectivity index (χ4n) is 1.60. The van der Waals surface area contributed by atoms with Crippen molar-refractivity contribution in [2.24, 2.45) is 0 Å². The van der Waals surface area contributed by atoms with Gasteiger partial charge in [-0.15, -0.1) is 9.42 Å². The number of nitrogens with zero attached hydrogens (tertiary/aromatic N) is 1. The molecule has 19 heavy (non-hydrogen) atoms. The van der Waals surface area contributed by atoms with E-state index in [9.17, 15) is 14.2 Å². The predicted octanol–water partition coefficient (Wildman–Crippen LogP) is -0.617. The SMILES string of the molecule is Cc1cn([C@H]2CO[C@@H](CO[P+](=O)O)O2)c(=O)[nH]c1=O. The molecule has 1 unspecified atom stereocenters. The lowest BCUT2D eigenvalue weighted by Crippen LogP contribution is -2.34. The van der Waals surface area contributed by atoms with Crippen molar-refractivity contribution < 1.29 is 23.5 Å². The molecule has 1 fully saturated rings. The van der Waals surface area contributed by atoms with E-state index in [1.807, 2.05) is 0 Å². The summed E-state index contributed by atoms with van der Waals surface area (Å²) in [5.41, 5.74) is -0.710. The molecule has 2 N–H and O–H groups in total. The van der Waals surface area contributed by atoms with Gasteiger partial charge in [0.05, 0.1) is 6.61 Å². The number of nitrogens with one attached hydrogen (secondary N) is 1. The number of hydrogen-bond acceptors (Lipinski definition) is 6. The lowest BCUT2D eigenvalue weighted by Gasteiger charge is -2.12. The van der Waals surface area contributed by atoms with Gasteiger partial charge in [-0.1, -0.05) is 0 Å². The number of aromatic nitrogens is 2. The molecule has 1 aromatic rings. The number of hydrogen-bond donors (Lipinski definition) is 2.